The summed E-state index contributed by atoms with van der Waals surface area (Å²) < 4.78 is 47.4. The van der Waals surface area contributed by atoms with E-state index < -0.39 is 23.4 Å². The zero-order valence-electron chi connectivity index (χ0n) is 15.0. The molecule has 148 valence electrons. The second kappa shape index (κ2) is 7.94. The number of thiophene rings is 1. The van der Waals surface area contributed by atoms with Crippen molar-refractivity contribution < 1.29 is 22.7 Å². The Kier molecular flexibility index (Phi) is 5.35. The molecule has 1 amide bonds. The Morgan fingerprint density at radius 1 is 1.17 bits per heavy atom. The molecular formula is C20H13F3N2O2S2. The Morgan fingerprint density at radius 3 is 2.79 bits per heavy atom. The number of benzene rings is 2. The molecule has 4 nitrogen and oxygen atoms in total. The van der Waals surface area contributed by atoms with Gasteiger partial charge in [-0.3, -0.25) is 10.1 Å². The van der Waals surface area contributed by atoms with Gasteiger partial charge in [-0.1, -0.05) is 6.07 Å². The number of aromatic nitrogens is 1. The van der Waals surface area contributed by atoms with Crippen LogP contribution < -0.4 is 5.32 Å². The quantitative estimate of drug-likeness (QED) is 0.429. The van der Waals surface area contributed by atoms with Gasteiger partial charge in [0.2, 0.25) is 0 Å². The maximum absolute atomic E-state index is 14.3. The average molecular weight is 434 g/mol. The van der Waals surface area contributed by atoms with Gasteiger partial charge in [0.1, 0.15) is 17.5 Å². The highest BCUT2D eigenvalue weighted by Crippen LogP contribution is 2.35. The van der Waals surface area contributed by atoms with E-state index in [1.54, 1.807) is 12.1 Å². The normalized spacial score (nSPS) is 11.2. The van der Waals surface area contributed by atoms with Gasteiger partial charge >= 0.3 is 0 Å². The molecule has 2 aromatic heterocycles. The first kappa shape index (κ1) is 19.6. The van der Waals surface area contributed by atoms with E-state index in [1.807, 2.05) is 0 Å². The summed E-state index contributed by atoms with van der Waals surface area (Å²) in [7, 11) is 1.46. The molecule has 0 spiro atoms. The van der Waals surface area contributed by atoms with Crippen molar-refractivity contribution in [3.63, 3.8) is 0 Å². The molecule has 0 saturated heterocycles. The van der Waals surface area contributed by atoms with Crippen molar-refractivity contribution in [1.29, 1.82) is 0 Å². The lowest BCUT2D eigenvalue weighted by Gasteiger charge is -2.04. The minimum absolute atomic E-state index is 0.00533. The first-order chi connectivity index (χ1) is 14.0. The number of rotatable bonds is 5. The topological polar surface area (TPSA) is 51.2 Å². The maximum atomic E-state index is 14.3. The number of thiazole rings is 1. The summed E-state index contributed by atoms with van der Waals surface area (Å²) in [5, 5.41) is 4.74. The van der Waals surface area contributed by atoms with Gasteiger partial charge in [0.25, 0.3) is 5.91 Å². The second-order valence-electron chi connectivity index (χ2n) is 6.07. The summed E-state index contributed by atoms with van der Waals surface area (Å²) in [6.45, 7) is 0.0707. The highest BCUT2D eigenvalue weighted by Gasteiger charge is 2.22. The lowest BCUT2D eigenvalue weighted by molar-refractivity contribution is 0.102. The molecule has 29 heavy (non-hydrogen) atoms. The lowest BCUT2D eigenvalue weighted by atomic mass is 10.1. The van der Waals surface area contributed by atoms with E-state index in [0.29, 0.717) is 20.5 Å². The van der Waals surface area contributed by atoms with Crippen LogP contribution in [-0.4, -0.2) is 18.0 Å². The van der Waals surface area contributed by atoms with E-state index in [-0.39, 0.29) is 23.0 Å². The number of methoxy groups -OCH3 is 1. The molecule has 0 bridgehead atoms. The summed E-state index contributed by atoms with van der Waals surface area (Å²) in [6, 6.07) is 7.72. The third kappa shape index (κ3) is 3.76. The lowest BCUT2D eigenvalue weighted by Crippen LogP contribution is -2.12. The van der Waals surface area contributed by atoms with Crippen LogP contribution in [0, 0.1) is 17.5 Å². The molecule has 0 aliphatic heterocycles. The number of hydrogen-bond acceptors (Lipinski definition) is 5. The van der Waals surface area contributed by atoms with Gasteiger partial charge in [0.15, 0.2) is 5.13 Å². The number of hydrogen-bond donors (Lipinski definition) is 1. The second-order valence-corrected chi connectivity index (χ2v) is 7.98. The summed E-state index contributed by atoms with van der Waals surface area (Å²) >= 11 is 2.23. The molecule has 0 fully saturated rings. The molecule has 1 N–H and O–H groups in total. The number of carbonyl (C=O) groups is 1. The number of ether oxygens (including phenoxy) is 1. The van der Waals surface area contributed by atoms with Crippen molar-refractivity contribution in [3.8, 4) is 11.3 Å². The minimum Gasteiger partial charge on any atom is -0.380 e. The van der Waals surface area contributed by atoms with E-state index in [9.17, 15) is 18.0 Å². The first-order valence-corrected chi connectivity index (χ1v) is 10.1. The molecule has 0 unspecified atom stereocenters. The number of halogens is 3. The predicted molar refractivity (Wildman–Crippen MR) is 108 cm³/mol. The van der Waals surface area contributed by atoms with Crippen LogP contribution in [-0.2, 0) is 11.3 Å². The van der Waals surface area contributed by atoms with E-state index in [1.165, 1.54) is 18.6 Å². The first-order valence-electron chi connectivity index (χ1n) is 8.39. The summed E-state index contributed by atoms with van der Waals surface area (Å²) in [5.74, 6) is -2.10. The monoisotopic (exact) mass is 434 g/mol. The fourth-order valence-electron chi connectivity index (χ4n) is 2.94. The summed E-state index contributed by atoms with van der Waals surface area (Å²) in [6.07, 6.45) is 0. The highest BCUT2D eigenvalue weighted by atomic mass is 32.1. The van der Waals surface area contributed by atoms with Gasteiger partial charge in [-0.05, 0) is 30.3 Å². The SMILES string of the molecule is COCc1c(C(=O)Nc2nc(-c3cc(F)ccc3F)cs2)sc2cccc(F)c12. The largest absolute Gasteiger partial charge is 0.380 e. The summed E-state index contributed by atoms with van der Waals surface area (Å²) in [5.41, 5.74) is 0.670. The minimum atomic E-state index is -0.614. The van der Waals surface area contributed by atoms with Crippen molar-refractivity contribution in [2.45, 2.75) is 6.61 Å². The standard InChI is InChI=1S/C20H13F3N2O2S2/c1-27-8-12-17-14(23)3-2-4-16(17)29-18(12)19(26)25-20-24-15(9-28-20)11-7-10(21)5-6-13(11)22/h2-7,9H,8H2,1H3,(H,24,25,26). The van der Waals surface area contributed by atoms with Gasteiger partial charge < -0.3 is 4.74 Å². The number of fused-ring (bicyclic) bond motifs is 1. The maximum Gasteiger partial charge on any atom is 0.267 e. The number of nitrogens with one attached hydrogen (secondary N) is 1. The summed E-state index contributed by atoms with van der Waals surface area (Å²) in [4.78, 5) is 17.3. The third-order valence-corrected chi connectivity index (χ3v) is 6.14. The molecule has 2 heterocycles. The van der Waals surface area contributed by atoms with Crippen LogP contribution in [0.15, 0.2) is 41.8 Å². The third-order valence-electron chi connectivity index (χ3n) is 4.19. The van der Waals surface area contributed by atoms with E-state index in [0.717, 1.165) is 40.9 Å². The van der Waals surface area contributed by atoms with Gasteiger partial charge in [0.05, 0.1) is 17.2 Å². The highest BCUT2D eigenvalue weighted by molar-refractivity contribution is 7.21. The molecule has 4 rings (SSSR count). The van der Waals surface area contributed by atoms with Gasteiger partial charge in [-0.15, -0.1) is 22.7 Å². The number of amides is 1. The van der Waals surface area contributed by atoms with E-state index >= 15 is 0 Å². The van der Waals surface area contributed by atoms with Crippen LogP contribution in [0.5, 0.6) is 0 Å². The van der Waals surface area contributed by atoms with Crippen molar-refractivity contribution in [2.75, 3.05) is 12.4 Å². The number of carbonyl (C=O) groups excluding carboxylic acids is 1. The molecule has 4 aromatic rings. The molecule has 9 heteroatoms. The molecular weight excluding hydrogens is 421 g/mol. The molecule has 2 aromatic carbocycles. The number of nitrogens with zero attached hydrogens (tertiary/aromatic N) is 1. The van der Waals surface area contributed by atoms with E-state index in [4.69, 9.17) is 4.74 Å². The van der Waals surface area contributed by atoms with Crippen LogP contribution in [0.2, 0.25) is 0 Å². The van der Waals surface area contributed by atoms with Crippen LogP contribution >= 0.6 is 22.7 Å². The van der Waals surface area contributed by atoms with Crippen LogP contribution in [0.4, 0.5) is 18.3 Å². The molecule has 0 aliphatic carbocycles. The van der Waals surface area contributed by atoms with E-state index in [2.05, 4.69) is 10.3 Å². The van der Waals surface area contributed by atoms with Crippen LogP contribution in [0.3, 0.4) is 0 Å². The molecule has 0 saturated carbocycles. The molecule has 0 aliphatic rings. The van der Waals surface area contributed by atoms with Crippen molar-refractivity contribution in [2.24, 2.45) is 0 Å². The van der Waals surface area contributed by atoms with Crippen molar-refractivity contribution in [3.05, 3.63) is 69.7 Å². The van der Waals surface area contributed by atoms with Crippen molar-refractivity contribution in [1.82, 2.24) is 4.98 Å². The van der Waals surface area contributed by atoms with Crippen LogP contribution in [0.25, 0.3) is 21.3 Å². The Balaban J connectivity index is 1.65. The van der Waals surface area contributed by atoms with Gasteiger partial charge in [-0.25, -0.2) is 18.2 Å². The zero-order chi connectivity index (χ0) is 20.5. The fourth-order valence-corrected chi connectivity index (χ4v) is 4.76. The predicted octanol–water partition coefficient (Wildman–Crippen LogP) is 5.84. The Morgan fingerprint density at radius 2 is 2.00 bits per heavy atom. The smallest absolute Gasteiger partial charge is 0.267 e. The fraction of sp³-hybridized carbons (Fsp3) is 0.100. The Labute approximate surface area is 171 Å². The van der Waals surface area contributed by atoms with Crippen LogP contribution in [0.1, 0.15) is 15.2 Å². The molecule has 0 radical (unpaired) electrons. The molecule has 0 atom stereocenters. The Hall–Kier alpha value is -2.75. The Bertz CT molecular complexity index is 1220. The van der Waals surface area contributed by atoms with Gasteiger partial charge in [0, 0.05) is 33.7 Å². The number of anilines is 1. The van der Waals surface area contributed by atoms with Gasteiger partial charge in [-0.2, -0.15) is 0 Å². The van der Waals surface area contributed by atoms with Crippen molar-refractivity contribution >= 4 is 43.8 Å². The zero-order valence-corrected chi connectivity index (χ0v) is 16.6. The average Bonchev–Trinajstić information content (AvgIpc) is 3.30.